The van der Waals surface area contributed by atoms with Crippen molar-refractivity contribution in [2.45, 2.75) is 12.8 Å². The molecule has 142 valence electrons. The third kappa shape index (κ3) is 5.29. The van der Waals surface area contributed by atoms with Crippen LogP contribution in [0.3, 0.4) is 0 Å². The number of benzene rings is 2. The maximum atomic E-state index is 13.0. The molecule has 0 saturated carbocycles. The summed E-state index contributed by atoms with van der Waals surface area (Å²) in [6.45, 7) is 2.51. The minimum atomic E-state index is -0.363. The van der Waals surface area contributed by atoms with Crippen LogP contribution >= 0.6 is 0 Å². The lowest BCUT2D eigenvalue weighted by molar-refractivity contribution is -0.132. The Balaban J connectivity index is 1.38. The van der Waals surface area contributed by atoms with Crippen LogP contribution in [0.2, 0.25) is 0 Å². The molecule has 0 spiro atoms. The van der Waals surface area contributed by atoms with Gasteiger partial charge in [-0.15, -0.1) is 0 Å². The Labute approximate surface area is 158 Å². The highest BCUT2D eigenvalue weighted by Gasteiger charge is 2.24. The molecule has 0 radical (unpaired) electrons. The number of nitrogens with zero attached hydrogens (tertiary/aromatic N) is 2. The van der Waals surface area contributed by atoms with Crippen LogP contribution in [0.5, 0.6) is 5.75 Å². The van der Waals surface area contributed by atoms with E-state index in [2.05, 4.69) is 0 Å². The molecule has 5 nitrogen and oxygen atoms in total. The molecule has 0 N–H and O–H groups in total. The van der Waals surface area contributed by atoms with E-state index in [0.717, 1.165) is 5.75 Å². The first-order valence-electron chi connectivity index (χ1n) is 9.14. The number of hydrogen-bond donors (Lipinski definition) is 0. The molecule has 0 atom stereocenters. The van der Waals surface area contributed by atoms with E-state index in [1.807, 2.05) is 30.3 Å². The fraction of sp³-hybridized carbons (Fsp3) is 0.333. The molecular weight excluding hydrogens is 347 g/mol. The predicted octanol–water partition coefficient (Wildman–Crippen LogP) is 2.97. The highest BCUT2D eigenvalue weighted by molar-refractivity contribution is 5.94. The molecular formula is C21H23FN2O3. The fourth-order valence-corrected chi connectivity index (χ4v) is 3.02. The summed E-state index contributed by atoms with van der Waals surface area (Å²) < 4.78 is 18.6. The smallest absolute Gasteiger partial charge is 0.253 e. The molecule has 0 aromatic heterocycles. The summed E-state index contributed by atoms with van der Waals surface area (Å²) in [7, 11) is 0. The number of ether oxygens (including phenoxy) is 1. The van der Waals surface area contributed by atoms with Gasteiger partial charge >= 0.3 is 0 Å². The molecule has 1 fully saturated rings. The Hall–Kier alpha value is -2.89. The Kier molecular flexibility index (Phi) is 6.41. The molecule has 0 unspecified atom stereocenters. The molecule has 3 rings (SSSR count). The summed E-state index contributed by atoms with van der Waals surface area (Å²) >= 11 is 0. The van der Waals surface area contributed by atoms with Crippen LogP contribution in [0.1, 0.15) is 23.2 Å². The third-order valence-corrected chi connectivity index (χ3v) is 4.56. The van der Waals surface area contributed by atoms with E-state index in [-0.39, 0.29) is 17.6 Å². The second-order valence-electron chi connectivity index (χ2n) is 6.44. The van der Waals surface area contributed by atoms with E-state index >= 15 is 0 Å². The van der Waals surface area contributed by atoms with Crippen molar-refractivity contribution in [1.82, 2.24) is 9.80 Å². The van der Waals surface area contributed by atoms with Gasteiger partial charge in [-0.3, -0.25) is 9.59 Å². The zero-order chi connectivity index (χ0) is 19.1. The van der Waals surface area contributed by atoms with Crippen LogP contribution < -0.4 is 4.74 Å². The van der Waals surface area contributed by atoms with Gasteiger partial charge in [-0.1, -0.05) is 18.2 Å². The van der Waals surface area contributed by atoms with Crippen LogP contribution in [0, 0.1) is 5.82 Å². The molecule has 1 aliphatic rings. The van der Waals surface area contributed by atoms with Gasteiger partial charge in [-0.2, -0.15) is 0 Å². The summed E-state index contributed by atoms with van der Waals surface area (Å²) in [5.74, 6) is 0.398. The van der Waals surface area contributed by atoms with E-state index in [0.29, 0.717) is 51.2 Å². The normalized spacial score (nSPS) is 14.1. The number of carbonyl (C=O) groups excluding carboxylic acids is 2. The van der Waals surface area contributed by atoms with Crippen molar-refractivity contribution in [2.75, 3.05) is 32.8 Å². The van der Waals surface area contributed by atoms with Crippen molar-refractivity contribution in [3.63, 3.8) is 0 Å². The summed E-state index contributed by atoms with van der Waals surface area (Å²) in [5.41, 5.74) is 0.467. The summed E-state index contributed by atoms with van der Waals surface area (Å²) in [6, 6.07) is 15.1. The molecule has 2 amide bonds. The van der Waals surface area contributed by atoms with Crippen LogP contribution in [0.15, 0.2) is 54.6 Å². The average Bonchev–Trinajstić information content (AvgIpc) is 2.72. The van der Waals surface area contributed by atoms with Gasteiger partial charge in [0.2, 0.25) is 5.91 Å². The number of halogens is 1. The van der Waals surface area contributed by atoms with E-state index in [1.54, 1.807) is 9.80 Å². The average molecular weight is 370 g/mol. The quantitative estimate of drug-likeness (QED) is 0.735. The molecule has 2 aromatic carbocycles. The van der Waals surface area contributed by atoms with Gasteiger partial charge in [-0.05, 0) is 42.8 Å². The highest BCUT2D eigenvalue weighted by Crippen LogP contribution is 2.12. The van der Waals surface area contributed by atoms with E-state index in [1.165, 1.54) is 24.3 Å². The first-order chi connectivity index (χ1) is 13.1. The first kappa shape index (κ1) is 18.9. The van der Waals surface area contributed by atoms with Crippen molar-refractivity contribution in [3.05, 3.63) is 66.0 Å². The lowest BCUT2D eigenvalue weighted by Gasteiger charge is -2.35. The Morgan fingerprint density at radius 3 is 2.19 bits per heavy atom. The molecule has 27 heavy (non-hydrogen) atoms. The molecule has 1 saturated heterocycles. The van der Waals surface area contributed by atoms with Gasteiger partial charge in [-0.25, -0.2) is 4.39 Å². The van der Waals surface area contributed by atoms with Crippen molar-refractivity contribution in [2.24, 2.45) is 0 Å². The van der Waals surface area contributed by atoms with Crippen molar-refractivity contribution in [1.29, 1.82) is 0 Å². The van der Waals surface area contributed by atoms with Gasteiger partial charge in [0.1, 0.15) is 11.6 Å². The first-order valence-corrected chi connectivity index (χ1v) is 9.14. The zero-order valence-corrected chi connectivity index (χ0v) is 15.1. The molecule has 1 aliphatic heterocycles. The van der Waals surface area contributed by atoms with Crippen molar-refractivity contribution < 1.29 is 18.7 Å². The van der Waals surface area contributed by atoms with E-state index < -0.39 is 0 Å². The zero-order valence-electron chi connectivity index (χ0n) is 15.1. The second-order valence-corrected chi connectivity index (χ2v) is 6.44. The van der Waals surface area contributed by atoms with E-state index in [4.69, 9.17) is 4.74 Å². The third-order valence-electron chi connectivity index (χ3n) is 4.56. The molecule has 1 heterocycles. The lowest BCUT2D eigenvalue weighted by Crippen LogP contribution is -2.50. The van der Waals surface area contributed by atoms with Gasteiger partial charge < -0.3 is 14.5 Å². The minimum absolute atomic E-state index is 0.0838. The Bertz CT molecular complexity index is 757. The highest BCUT2D eigenvalue weighted by atomic mass is 19.1. The molecule has 0 aliphatic carbocycles. The number of para-hydroxylation sites is 1. The Morgan fingerprint density at radius 1 is 0.889 bits per heavy atom. The number of rotatable bonds is 6. The van der Waals surface area contributed by atoms with Crippen LogP contribution in [-0.4, -0.2) is 54.4 Å². The number of piperazine rings is 1. The number of hydrogen-bond acceptors (Lipinski definition) is 3. The van der Waals surface area contributed by atoms with Gasteiger partial charge in [0.25, 0.3) is 5.91 Å². The van der Waals surface area contributed by atoms with Crippen molar-refractivity contribution >= 4 is 11.8 Å². The van der Waals surface area contributed by atoms with Gasteiger partial charge in [0.15, 0.2) is 0 Å². The molecule has 0 bridgehead atoms. The monoisotopic (exact) mass is 370 g/mol. The maximum absolute atomic E-state index is 13.0. The number of amides is 2. The lowest BCUT2D eigenvalue weighted by atomic mass is 10.1. The summed E-state index contributed by atoms with van der Waals surface area (Å²) in [5, 5.41) is 0. The van der Waals surface area contributed by atoms with Crippen LogP contribution in [0.25, 0.3) is 0 Å². The van der Waals surface area contributed by atoms with E-state index in [9.17, 15) is 14.0 Å². The van der Waals surface area contributed by atoms with Crippen LogP contribution in [-0.2, 0) is 4.79 Å². The Morgan fingerprint density at radius 2 is 1.52 bits per heavy atom. The maximum Gasteiger partial charge on any atom is 0.253 e. The topological polar surface area (TPSA) is 49.9 Å². The van der Waals surface area contributed by atoms with Crippen molar-refractivity contribution in [3.8, 4) is 5.75 Å². The minimum Gasteiger partial charge on any atom is -0.494 e. The second kappa shape index (κ2) is 9.16. The predicted molar refractivity (Wildman–Crippen MR) is 100 cm³/mol. The summed E-state index contributed by atoms with van der Waals surface area (Å²) in [4.78, 5) is 28.2. The van der Waals surface area contributed by atoms with Crippen LogP contribution in [0.4, 0.5) is 4.39 Å². The fourth-order valence-electron chi connectivity index (χ4n) is 3.02. The SMILES string of the molecule is O=C(CCCOc1ccccc1)N1CCN(C(=O)c2ccc(F)cc2)CC1. The molecule has 2 aromatic rings. The van der Waals surface area contributed by atoms with Gasteiger partial charge in [0, 0.05) is 38.2 Å². The van der Waals surface area contributed by atoms with Gasteiger partial charge in [0.05, 0.1) is 6.61 Å². The number of carbonyl (C=O) groups is 2. The standard InChI is InChI=1S/C21H23FN2O3/c22-18-10-8-17(9-11-18)21(26)24-14-12-23(13-15-24)20(25)7-4-16-27-19-5-2-1-3-6-19/h1-3,5-6,8-11H,4,7,12-16H2. The molecule has 6 heteroatoms. The largest absolute Gasteiger partial charge is 0.494 e. The summed E-state index contributed by atoms with van der Waals surface area (Å²) in [6.07, 6.45) is 1.08.